The number of carbonyl (C=O) groups is 1. The number of hydrogen-bond donors (Lipinski definition) is 0. The van der Waals surface area contributed by atoms with Gasteiger partial charge in [0, 0.05) is 25.3 Å². The van der Waals surface area contributed by atoms with Gasteiger partial charge >= 0.3 is 0 Å². The first-order chi connectivity index (χ1) is 10.8. The third-order valence-corrected chi connectivity index (χ3v) is 4.94. The van der Waals surface area contributed by atoms with Crippen molar-refractivity contribution in [3.05, 3.63) is 29.8 Å². The minimum Gasteiger partial charge on any atom is -0.496 e. The van der Waals surface area contributed by atoms with Crippen LogP contribution < -0.4 is 4.74 Å². The first-order valence-corrected chi connectivity index (χ1v) is 8.94. The van der Waals surface area contributed by atoms with E-state index in [0.29, 0.717) is 12.4 Å². The highest BCUT2D eigenvalue weighted by atomic mass is 32.2. The van der Waals surface area contributed by atoms with Crippen LogP contribution >= 0.6 is 11.8 Å². The molecule has 1 heterocycles. The van der Waals surface area contributed by atoms with Gasteiger partial charge in [-0.25, -0.2) is 0 Å². The van der Waals surface area contributed by atoms with Crippen molar-refractivity contribution in [3.8, 4) is 5.75 Å². The SMILES string of the molecule is CCCCOCCCN1C(=O)CSC1c1ccccc1OC. The minimum atomic E-state index is 0.0549. The van der Waals surface area contributed by atoms with E-state index in [-0.39, 0.29) is 11.3 Å². The molecular weight excluding hydrogens is 298 g/mol. The summed E-state index contributed by atoms with van der Waals surface area (Å²) in [5.41, 5.74) is 1.08. The van der Waals surface area contributed by atoms with E-state index < -0.39 is 0 Å². The quantitative estimate of drug-likeness (QED) is 0.652. The second-order valence-electron chi connectivity index (χ2n) is 5.31. The lowest BCUT2D eigenvalue weighted by Gasteiger charge is -2.25. The number of nitrogens with zero attached hydrogens (tertiary/aromatic N) is 1. The Morgan fingerprint density at radius 3 is 2.82 bits per heavy atom. The van der Waals surface area contributed by atoms with Crippen LogP contribution in [0.15, 0.2) is 24.3 Å². The van der Waals surface area contributed by atoms with E-state index in [9.17, 15) is 4.79 Å². The van der Waals surface area contributed by atoms with E-state index in [1.54, 1.807) is 18.9 Å². The van der Waals surface area contributed by atoms with Crippen molar-refractivity contribution < 1.29 is 14.3 Å². The number of thioether (sulfide) groups is 1. The lowest BCUT2D eigenvalue weighted by molar-refractivity contribution is -0.128. The summed E-state index contributed by atoms with van der Waals surface area (Å²) in [6, 6.07) is 7.94. The highest BCUT2D eigenvalue weighted by Crippen LogP contribution is 2.42. The molecular formula is C17H25NO3S. The Morgan fingerprint density at radius 2 is 2.05 bits per heavy atom. The van der Waals surface area contributed by atoms with Crippen LogP contribution in [0.5, 0.6) is 5.75 Å². The van der Waals surface area contributed by atoms with Crippen LogP contribution in [0.1, 0.15) is 37.1 Å². The summed E-state index contributed by atoms with van der Waals surface area (Å²) < 4.78 is 11.0. The Labute approximate surface area is 137 Å². The van der Waals surface area contributed by atoms with Gasteiger partial charge in [0.2, 0.25) is 5.91 Å². The first kappa shape index (κ1) is 17.2. The summed E-state index contributed by atoms with van der Waals surface area (Å²) >= 11 is 1.67. The summed E-state index contributed by atoms with van der Waals surface area (Å²) in [7, 11) is 1.67. The Morgan fingerprint density at radius 1 is 1.27 bits per heavy atom. The third-order valence-electron chi connectivity index (χ3n) is 3.70. The van der Waals surface area contributed by atoms with E-state index in [0.717, 1.165) is 43.7 Å². The summed E-state index contributed by atoms with van der Waals surface area (Å²) in [4.78, 5) is 14.1. The molecule has 5 heteroatoms. The lowest BCUT2D eigenvalue weighted by Crippen LogP contribution is -2.30. The van der Waals surface area contributed by atoms with Gasteiger partial charge in [0.15, 0.2) is 0 Å². The molecule has 0 radical (unpaired) electrons. The van der Waals surface area contributed by atoms with Crippen molar-refractivity contribution in [3.63, 3.8) is 0 Å². The van der Waals surface area contributed by atoms with Crippen molar-refractivity contribution in [2.75, 3.05) is 32.6 Å². The average Bonchev–Trinajstić information content (AvgIpc) is 2.91. The molecule has 0 N–H and O–H groups in total. The van der Waals surface area contributed by atoms with Gasteiger partial charge in [0.05, 0.1) is 12.9 Å². The van der Waals surface area contributed by atoms with Crippen molar-refractivity contribution in [1.29, 1.82) is 0 Å². The molecule has 0 aliphatic carbocycles. The number of unbranched alkanes of at least 4 members (excludes halogenated alkanes) is 1. The van der Waals surface area contributed by atoms with Crippen LogP contribution in [0.3, 0.4) is 0 Å². The van der Waals surface area contributed by atoms with Crippen LogP contribution in [0.2, 0.25) is 0 Å². The van der Waals surface area contributed by atoms with E-state index in [4.69, 9.17) is 9.47 Å². The van der Waals surface area contributed by atoms with Crippen molar-refractivity contribution in [2.45, 2.75) is 31.6 Å². The molecule has 0 spiro atoms. The first-order valence-electron chi connectivity index (χ1n) is 7.89. The summed E-state index contributed by atoms with van der Waals surface area (Å²) in [5, 5.41) is 0.0549. The number of ether oxygens (including phenoxy) is 2. The van der Waals surface area contributed by atoms with Crippen LogP contribution in [0.25, 0.3) is 0 Å². The lowest BCUT2D eigenvalue weighted by atomic mass is 10.1. The molecule has 1 aliphatic heterocycles. The molecule has 1 atom stereocenters. The van der Waals surface area contributed by atoms with Crippen LogP contribution in [-0.2, 0) is 9.53 Å². The number of benzene rings is 1. The molecule has 1 aliphatic rings. The smallest absolute Gasteiger partial charge is 0.233 e. The third kappa shape index (κ3) is 4.40. The number of methoxy groups -OCH3 is 1. The van der Waals surface area contributed by atoms with Gasteiger partial charge in [-0.2, -0.15) is 0 Å². The summed E-state index contributed by atoms with van der Waals surface area (Å²) in [6.45, 7) is 4.42. The van der Waals surface area contributed by atoms with Gasteiger partial charge in [-0.05, 0) is 18.9 Å². The Bertz CT molecular complexity index is 481. The standard InChI is InChI=1S/C17H25NO3S/c1-3-4-11-21-12-7-10-18-16(19)13-22-17(18)14-8-5-6-9-15(14)20-2/h5-6,8-9,17H,3-4,7,10-13H2,1-2H3. The number of carbonyl (C=O) groups excluding carboxylic acids is 1. The molecule has 0 aromatic heterocycles. The fourth-order valence-corrected chi connectivity index (χ4v) is 3.75. The number of para-hydroxylation sites is 1. The van der Waals surface area contributed by atoms with E-state index >= 15 is 0 Å². The Hall–Kier alpha value is -1.20. The molecule has 1 aromatic carbocycles. The molecule has 1 saturated heterocycles. The summed E-state index contributed by atoms with van der Waals surface area (Å²) in [5.74, 6) is 1.59. The van der Waals surface area contributed by atoms with E-state index in [2.05, 4.69) is 6.92 Å². The van der Waals surface area contributed by atoms with Gasteiger partial charge in [0.1, 0.15) is 11.1 Å². The molecule has 1 unspecified atom stereocenters. The predicted molar refractivity (Wildman–Crippen MR) is 90.3 cm³/mol. The fraction of sp³-hybridized carbons (Fsp3) is 0.588. The maximum absolute atomic E-state index is 12.1. The topological polar surface area (TPSA) is 38.8 Å². The second kappa shape index (κ2) is 9.06. The fourth-order valence-electron chi connectivity index (χ4n) is 2.51. The van der Waals surface area contributed by atoms with Crippen LogP contribution in [0.4, 0.5) is 0 Å². The molecule has 4 nitrogen and oxygen atoms in total. The van der Waals surface area contributed by atoms with Crippen molar-refractivity contribution >= 4 is 17.7 Å². The van der Waals surface area contributed by atoms with Gasteiger partial charge in [-0.1, -0.05) is 31.5 Å². The maximum Gasteiger partial charge on any atom is 0.233 e. The van der Waals surface area contributed by atoms with E-state index in [1.165, 1.54) is 0 Å². The number of amides is 1. The van der Waals surface area contributed by atoms with E-state index in [1.807, 2.05) is 29.2 Å². The van der Waals surface area contributed by atoms with Crippen LogP contribution in [0, 0.1) is 0 Å². The number of hydrogen-bond acceptors (Lipinski definition) is 4. The molecule has 0 saturated carbocycles. The van der Waals surface area contributed by atoms with Crippen molar-refractivity contribution in [1.82, 2.24) is 4.90 Å². The Kier molecular flexibility index (Phi) is 7.06. The van der Waals surface area contributed by atoms with Gasteiger partial charge in [-0.3, -0.25) is 4.79 Å². The molecule has 1 aromatic rings. The minimum absolute atomic E-state index is 0.0549. The molecule has 1 amide bonds. The molecule has 122 valence electrons. The normalized spacial score (nSPS) is 18.0. The van der Waals surface area contributed by atoms with Gasteiger partial charge < -0.3 is 14.4 Å². The summed E-state index contributed by atoms with van der Waals surface area (Å²) in [6.07, 6.45) is 3.13. The number of rotatable bonds is 9. The van der Waals surface area contributed by atoms with Gasteiger partial charge in [0.25, 0.3) is 0 Å². The molecule has 1 fully saturated rings. The van der Waals surface area contributed by atoms with Crippen LogP contribution in [-0.4, -0.2) is 43.4 Å². The maximum atomic E-state index is 12.1. The monoisotopic (exact) mass is 323 g/mol. The zero-order chi connectivity index (χ0) is 15.8. The largest absolute Gasteiger partial charge is 0.496 e. The van der Waals surface area contributed by atoms with Gasteiger partial charge in [-0.15, -0.1) is 11.8 Å². The second-order valence-corrected chi connectivity index (χ2v) is 6.38. The zero-order valence-corrected chi connectivity index (χ0v) is 14.2. The van der Waals surface area contributed by atoms with Crippen molar-refractivity contribution in [2.24, 2.45) is 0 Å². The highest BCUT2D eigenvalue weighted by Gasteiger charge is 2.33. The average molecular weight is 323 g/mol. The highest BCUT2D eigenvalue weighted by molar-refractivity contribution is 8.00. The molecule has 2 rings (SSSR count). The Balaban J connectivity index is 1.92. The zero-order valence-electron chi connectivity index (χ0n) is 13.4. The molecule has 0 bridgehead atoms. The molecule has 22 heavy (non-hydrogen) atoms. The predicted octanol–water partition coefficient (Wildman–Crippen LogP) is 3.48.